The van der Waals surface area contributed by atoms with Gasteiger partial charge in [0.15, 0.2) is 0 Å². The van der Waals surface area contributed by atoms with Gasteiger partial charge >= 0.3 is 5.69 Å². The number of aromatic hydroxyl groups is 1. The summed E-state index contributed by atoms with van der Waals surface area (Å²) in [7, 11) is 0. The van der Waals surface area contributed by atoms with Gasteiger partial charge in [-0.05, 0) is 31.5 Å². The van der Waals surface area contributed by atoms with Crippen molar-refractivity contribution in [3.8, 4) is 5.75 Å². The first-order valence-corrected chi connectivity index (χ1v) is 6.39. The number of phenols is 1. The van der Waals surface area contributed by atoms with E-state index in [1.54, 1.807) is 22.8 Å². The van der Waals surface area contributed by atoms with Crippen molar-refractivity contribution in [2.75, 3.05) is 6.54 Å². The normalized spacial score (nSPS) is 20.3. The molecule has 0 amide bonds. The maximum absolute atomic E-state index is 11.9. The number of piperidine rings is 1. The standard InChI is InChI=1S/C13H17N3O2/c17-10-4-5-11-12(7-10)16(13(18)15-11)8-9-3-1-2-6-14-9/h4-5,7,9,14,17H,1-3,6,8H2,(H,15,18). The fourth-order valence-electron chi connectivity index (χ4n) is 2.62. The van der Waals surface area contributed by atoms with Gasteiger partial charge in [0, 0.05) is 18.7 Å². The van der Waals surface area contributed by atoms with Crippen molar-refractivity contribution >= 4 is 11.0 Å². The smallest absolute Gasteiger partial charge is 0.326 e. The molecule has 0 aliphatic carbocycles. The molecule has 0 bridgehead atoms. The Kier molecular flexibility index (Phi) is 2.83. The highest BCUT2D eigenvalue weighted by atomic mass is 16.3. The Bertz CT molecular complexity index is 608. The molecule has 5 heteroatoms. The summed E-state index contributed by atoms with van der Waals surface area (Å²) >= 11 is 0. The summed E-state index contributed by atoms with van der Waals surface area (Å²) in [6, 6.07) is 5.30. The zero-order chi connectivity index (χ0) is 12.5. The van der Waals surface area contributed by atoms with Gasteiger partial charge in [-0.25, -0.2) is 4.79 Å². The molecule has 1 atom stereocenters. The van der Waals surface area contributed by atoms with E-state index in [1.165, 1.54) is 12.8 Å². The fraction of sp³-hybridized carbons (Fsp3) is 0.462. The lowest BCUT2D eigenvalue weighted by Gasteiger charge is -2.23. The molecule has 2 aromatic rings. The van der Waals surface area contributed by atoms with Crippen LogP contribution in [-0.4, -0.2) is 27.2 Å². The van der Waals surface area contributed by atoms with Crippen molar-refractivity contribution in [1.82, 2.24) is 14.9 Å². The Morgan fingerprint density at radius 3 is 3.06 bits per heavy atom. The van der Waals surface area contributed by atoms with Gasteiger partial charge in [0.05, 0.1) is 11.0 Å². The summed E-state index contributed by atoms with van der Waals surface area (Å²) in [6.45, 7) is 1.68. The molecule has 1 fully saturated rings. The SMILES string of the molecule is O=c1[nH]c2ccc(O)cc2n1CC1CCCCN1. The van der Waals surface area contributed by atoms with E-state index in [0.29, 0.717) is 12.6 Å². The Morgan fingerprint density at radius 1 is 1.39 bits per heavy atom. The second kappa shape index (κ2) is 4.49. The second-order valence-corrected chi connectivity index (χ2v) is 4.89. The van der Waals surface area contributed by atoms with Gasteiger partial charge in [0.1, 0.15) is 5.75 Å². The van der Waals surface area contributed by atoms with Crippen LogP contribution in [0.25, 0.3) is 11.0 Å². The van der Waals surface area contributed by atoms with Crippen molar-refractivity contribution in [1.29, 1.82) is 0 Å². The van der Waals surface area contributed by atoms with Crippen LogP contribution >= 0.6 is 0 Å². The molecule has 1 aromatic carbocycles. The van der Waals surface area contributed by atoms with Crippen molar-refractivity contribution in [2.45, 2.75) is 31.8 Å². The summed E-state index contributed by atoms with van der Waals surface area (Å²) in [6.07, 6.45) is 3.51. The van der Waals surface area contributed by atoms with Crippen molar-refractivity contribution in [3.63, 3.8) is 0 Å². The first kappa shape index (κ1) is 11.3. The van der Waals surface area contributed by atoms with Crippen LogP contribution in [0.2, 0.25) is 0 Å². The van der Waals surface area contributed by atoms with Crippen LogP contribution in [0.3, 0.4) is 0 Å². The third-order valence-electron chi connectivity index (χ3n) is 3.57. The van der Waals surface area contributed by atoms with Gasteiger partial charge in [-0.3, -0.25) is 4.57 Å². The van der Waals surface area contributed by atoms with Gasteiger partial charge in [0.25, 0.3) is 0 Å². The molecule has 3 N–H and O–H groups in total. The minimum absolute atomic E-state index is 0.108. The number of H-pyrrole nitrogens is 1. The van der Waals surface area contributed by atoms with E-state index in [1.807, 2.05) is 0 Å². The summed E-state index contributed by atoms with van der Waals surface area (Å²) in [4.78, 5) is 14.7. The molecule has 1 aromatic heterocycles. The fourth-order valence-corrected chi connectivity index (χ4v) is 2.62. The van der Waals surface area contributed by atoms with Gasteiger partial charge in [-0.1, -0.05) is 6.42 Å². The van der Waals surface area contributed by atoms with Gasteiger partial charge in [0.2, 0.25) is 0 Å². The number of fused-ring (bicyclic) bond motifs is 1. The second-order valence-electron chi connectivity index (χ2n) is 4.89. The molecule has 0 spiro atoms. The number of benzene rings is 1. The Labute approximate surface area is 104 Å². The van der Waals surface area contributed by atoms with Crippen LogP contribution in [0.15, 0.2) is 23.0 Å². The number of nitrogens with one attached hydrogen (secondary N) is 2. The summed E-state index contributed by atoms with van der Waals surface area (Å²) in [5, 5.41) is 13.0. The number of phenolic OH excluding ortho intramolecular Hbond substituents is 1. The molecule has 1 saturated heterocycles. The molecule has 0 radical (unpaired) electrons. The summed E-state index contributed by atoms with van der Waals surface area (Å²) in [5.74, 6) is 0.187. The molecule has 5 nitrogen and oxygen atoms in total. The number of aromatic nitrogens is 2. The lowest BCUT2D eigenvalue weighted by molar-refractivity contribution is 0.363. The molecule has 0 saturated carbocycles. The zero-order valence-corrected chi connectivity index (χ0v) is 10.1. The van der Waals surface area contributed by atoms with E-state index in [9.17, 15) is 9.90 Å². The van der Waals surface area contributed by atoms with Crippen molar-refractivity contribution < 1.29 is 5.11 Å². The number of aromatic amines is 1. The first-order chi connectivity index (χ1) is 8.74. The third kappa shape index (κ3) is 2.01. The molecule has 1 aliphatic heterocycles. The average Bonchev–Trinajstić information content (AvgIpc) is 2.67. The Balaban J connectivity index is 1.97. The van der Waals surface area contributed by atoms with Crippen LogP contribution in [0, 0.1) is 0 Å². The highest BCUT2D eigenvalue weighted by molar-refractivity contribution is 5.76. The largest absolute Gasteiger partial charge is 0.508 e. The molecular formula is C13H17N3O2. The predicted molar refractivity (Wildman–Crippen MR) is 69.9 cm³/mol. The molecule has 96 valence electrons. The van der Waals surface area contributed by atoms with E-state index in [0.717, 1.165) is 24.0 Å². The minimum Gasteiger partial charge on any atom is -0.508 e. The molecular weight excluding hydrogens is 230 g/mol. The van der Waals surface area contributed by atoms with Crippen LogP contribution in [-0.2, 0) is 6.54 Å². The highest BCUT2D eigenvalue weighted by Gasteiger charge is 2.16. The number of imidazole rings is 1. The quantitative estimate of drug-likeness (QED) is 0.746. The average molecular weight is 247 g/mol. The van der Waals surface area contributed by atoms with Crippen molar-refractivity contribution in [2.24, 2.45) is 0 Å². The van der Waals surface area contributed by atoms with Gasteiger partial charge in [-0.15, -0.1) is 0 Å². The van der Waals surface area contributed by atoms with E-state index in [2.05, 4.69) is 10.3 Å². The predicted octanol–water partition coefficient (Wildman–Crippen LogP) is 1.18. The minimum atomic E-state index is -0.108. The van der Waals surface area contributed by atoms with E-state index in [-0.39, 0.29) is 11.4 Å². The summed E-state index contributed by atoms with van der Waals surface area (Å²) < 4.78 is 1.71. The monoisotopic (exact) mass is 247 g/mol. The lowest BCUT2D eigenvalue weighted by Crippen LogP contribution is -2.39. The van der Waals surface area contributed by atoms with E-state index in [4.69, 9.17) is 0 Å². The molecule has 18 heavy (non-hydrogen) atoms. The van der Waals surface area contributed by atoms with Crippen molar-refractivity contribution in [3.05, 3.63) is 28.7 Å². The number of nitrogens with zero attached hydrogens (tertiary/aromatic N) is 1. The zero-order valence-electron chi connectivity index (χ0n) is 10.1. The van der Waals surface area contributed by atoms with Crippen LogP contribution < -0.4 is 11.0 Å². The van der Waals surface area contributed by atoms with E-state index < -0.39 is 0 Å². The Hall–Kier alpha value is -1.75. The van der Waals surface area contributed by atoms with Crippen LogP contribution in [0.1, 0.15) is 19.3 Å². The number of hydrogen-bond donors (Lipinski definition) is 3. The van der Waals surface area contributed by atoms with Crippen LogP contribution in [0.5, 0.6) is 5.75 Å². The lowest BCUT2D eigenvalue weighted by atomic mass is 10.1. The van der Waals surface area contributed by atoms with E-state index >= 15 is 0 Å². The third-order valence-corrected chi connectivity index (χ3v) is 3.57. The number of hydrogen-bond acceptors (Lipinski definition) is 3. The maximum atomic E-state index is 11.9. The van der Waals surface area contributed by atoms with Crippen LogP contribution in [0.4, 0.5) is 0 Å². The molecule has 3 rings (SSSR count). The maximum Gasteiger partial charge on any atom is 0.326 e. The number of rotatable bonds is 2. The summed E-state index contributed by atoms with van der Waals surface area (Å²) in [5.41, 5.74) is 1.43. The first-order valence-electron chi connectivity index (χ1n) is 6.39. The van der Waals surface area contributed by atoms with Gasteiger partial charge < -0.3 is 15.4 Å². The molecule has 1 aliphatic rings. The topological polar surface area (TPSA) is 70.0 Å². The highest BCUT2D eigenvalue weighted by Crippen LogP contribution is 2.18. The Morgan fingerprint density at radius 2 is 2.28 bits per heavy atom. The molecule has 1 unspecified atom stereocenters. The van der Waals surface area contributed by atoms with Gasteiger partial charge in [-0.2, -0.15) is 0 Å². The molecule has 2 heterocycles.